The summed E-state index contributed by atoms with van der Waals surface area (Å²) in [5.74, 6) is -0.340. The van der Waals surface area contributed by atoms with Gasteiger partial charge in [-0.3, -0.25) is 9.52 Å². The molecule has 1 amide bonds. The maximum Gasteiger partial charge on any atom is 0.261 e. The van der Waals surface area contributed by atoms with Crippen LogP contribution in [0.15, 0.2) is 47.5 Å². The van der Waals surface area contributed by atoms with Crippen LogP contribution in [0.3, 0.4) is 0 Å². The number of aromatic amines is 1. The molecule has 0 spiro atoms. The highest BCUT2D eigenvalue weighted by atomic mass is 32.2. The Kier molecular flexibility index (Phi) is 5.12. The Hall–Kier alpha value is -3.31. The highest BCUT2D eigenvalue weighted by Gasteiger charge is 2.19. The fraction of sp³-hybridized carbons (Fsp3) is 0.200. The summed E-state index contributed by atoms with van der Waals surface area (Å²) in [6.45, 7) is 5.51. The fourth-order valence-electron chi connectivity index (χ4n) is 2.95. The molecule has 0 radical (unpaired) electrons. The van der Waals surface area contributed by atoms with Gasteiger partial charge >= 0.3 is 0 Å². The molecule has 3 rings (SSSR count). The molecule has 144 valence electrons. The van der Waals surface area contributed by atoms with Gasteiger partial charge in [-0.2, -0.15) is 5.26 Å². The number of anilines is 1. The fourth-order valence-corrected chi connectivity index (χ4v) is 4.06. The van der Waals surface area contributed by atoms with Crippen molar-refractivity contribution < 1.29 is 13.2 Å². The van der Waals surface area contributed by atoms with E-state index in [0.717, 1.165) is 5.56 Å². The minimum atomic E-state index is -3.93. The maximum absolute atomic E-state index is 12.9. The second-order valence-electron chi connectivity index (χ2n) is 6.76. The monoisotopic (exact) mass is 396 g/mol. The second-order valence-corrected chi connectivity index (χ2v) is 8.44. The molecule has 0 atom stereocenters. The van der Waals surface area contributed by atoms with E-state index in [1.54, 1.807) is 24.4 Å². The third-order valence-corrected chi connectivity index (χ3v) is 5.60. The van der Waals surface area contributed by atoms with E-state index in [9.17, 15) is 18.5 Å². The van der Waals surface area contributed by atoms with Crippen LogP contribution in [0.2, 0.25) is 0 Å². The van der Waals surface area contributed by atoms with Crippen LogP contribution in [0.5, 0.6) is 0 Å². The molecule has 28 heavy (non-hydrogen) atoms. The number of amides is 1. The van der Waals surface area contributed by atoms with Gasteiger partial charge in [0.05, 0.1) is 21.7 Å². The van der Waals surface area contributed by atoms with Gasteiger partial charge in [0.2, 0.25) is 0 Å². The predicted octanol–water partition coefficient (Wildman–Crippen LogP) is 3.29. The van der Waals surface area contributed by atoms with Crippen LogP contribution >= 0.6 is 0 Å². The molecule has 3 N–H and O–H groups in total. The second kappa shape index (κ2) is 7.37. The van der Waals surface area contributed by atoms with E-state index in [4.69, 9.17) is 0 Å². The summed E-state index contributed by atoms with van der Waals surface area (Å²) >= 11 is 0. The molecule has 0 unspecified atom stereocenters. The van der Waals surface area contributed by atoms with Crippen molar-refractivity contribution in [2.24, 2.45) is 0 Å². The molecule has 3 aromatic rings. The average Bonchev–Trinajstić information content (AvgIpc) is 3.09. The lowest BCUT2D eigenvalue weighted by Crippen LogP contribution is -2.30. The number of nitrogens with one attached hydrogen (secondary N) is 3. The summed E-state index contributed by atoms with van der Waals surface area (Å²) in [6, 6.07) is 11.3. The molecular weight excluding hydrogens is 376 g/mol. The first-order valence-electron chi connectivity index (χ1n) is 8.67. The number of nitrogens with zero attached hydrogens (tertiary/aromatic N) is 1. The number of rotatable bonds is 5. The van der Waals surface area contributed by atoms with Crippen LogP contribution < -0.4 is 10.0 Å². The molecular formula is C20H20N4O3S. The Morgan fingerprint density at radius 2 is 1.96 bits per heavy atom. The van der Waals surface area contributed by atoms with E-state index in [1.165, 1.54) is 18.2 Å². The molecule has 0 saturated carbocycles. The molecule has 2 aromatic carbocycles. The number of sulfonamides is 1. The van der Waals surface area contributed by atoms with Gasteiger partial charge in [0.15, 0.2) is 0 Å². The average molecular weight is 396 g/mol. The lowest BCUT2D eigenvalue weighted by atomic mass is 10.1. The first kappa shape index (κ1) is 19.5. The van der Waals surface area contributed by atoms with Crippen LogP contribution in [0, 0.1) is 18.3 Å². The molecule has 7 nitrogen and oxygen atoms in total. The third-order valence-electron chi connectivity index (χ3n) is 4.23. The molecule has 0 aliphatic carbocycles. The van der Waals surface area contributed by atoms with Crippen molar-refractivity contribution in [2.75, 3.05) is 4.72 Å². The molecule has 0 bridgehead atoms. The normalized spacial score (nSPS) is 11.4. The summed E-state index contributed by atoms with van der Waals surface area (Å²) in [5.41, 5.74) is 2.44. The van der Waals surface area contributed by atoms with Crippen molar-refractivity contribution in [3.05, 3.63) is 59.3 Å². The number of benzene rings is 2. The zero-order chi connectivity index (χ0) is 20.5. The molecule has 1 aromatic heterocycles. The Morgan fingerprint density at radius 1 is 1.21 bits per heavy atom. The maximum atomic E-state index is 12.9. The Labute approximate surface area is 163 Å². The van der Waals surface area contributed by atoms with Gasteiger partial charge in [-0.05, 0) is 50.6 Å². The third kappa shape index (κ3) is 3.70. The Bertz CT molecular complexity index is 1200. The van der Waals surface area contributed by atoms with E-state index >= 15 is 0 Å². The number of fused-ring (bicyclic) bond motifs is 1. The minimum absolute atomic E-state index is 0.0234. The summed E-state index contributed by atoms with van der Waals surface area (Å²) < 4.78 is 28.3. The number of aromatic nitrogens is 1. The Morgan fingerprint density at radius 3 is 2.64 bits per heavy atom. The molecule has 8 heteroatoms. The molecule has 0 aliphatic heterocycles. The van der Waals surface area contributed by atoms with Crippen molar-refractivity contribution >= 4 is 32.5 Å². The van der Waals surface area contributed by atoms with E-state index in [0.29, 0.717) is 22.2 Å². The lowest BCUT2D eigenvalue weighted by molar-refractivity contribution is 0.0943. The van der Waals surface area contributed by atoms with E-state index in [-0.39, 0.29) is 22.4 Å². The van der Waals surface area contributed by atoms with Crippen molar-refractivity contribution in [2.45, 2.75) is 31.7 Å². The first-order valence-corrected chi connectivity index (χ1v) is 10.2. The van der Waals surface area contributed by atoms with Gasteiger partial charge in [0.1, 0.15) is 6.07 Å². The number of hydrogen-bond acceptors (Lipinski definition) is 4. The summed E-state index contributed by atoms with van der Waals surface area (Å²) in [4.78, 5) is 15.1. The topological polar surface area (TPSA) is 115 Å². The van der Waals surface area contributed by atoms with Crippen LogP contribution in [0.25, 0.3) is 10.9 Å². The largest absolute Gasteiger partial charge is 0.358 e. The number of hydrogen-bond donors (Lipinski definition) is 3. The highest BCUT2D eigenvalue weighted by Crippen LogP contribution is 2.30. The SMILES string of the molecule is Cc1ccc(NS(=O)(=O)c2cccc(C(=O)NC(C)C)c2)c2[nH]cc(C#N)c12. The van der Waals surface area contributed by atoms with Gasteiger partial charge in [-0.15, -0.1) is 0 Å². The molecule has 0 aliphatic rings. The smallest absolute Gasteiger partial charge is 0.261 e. The standard InChI is InChI=1S/C20H20N4O3S/c1-12(2)23-20(25)14-5-4-6-16(9-14)28(26,27)24-17-8-7-13(3)18-15(10-21)11-22-19(17)18/h4-9,11-12,22,24H,1-3H3,(H,23,25). The van der Waals surface area contributed by atoms with E-state index in [2.05, 4.69) is 21.1 Å². The molecule has 1 heterocycles. The van der Waals surface area contributed by atoms with E-state index < -0.39 is 10.0 Å². The number of carbonyl (C=O) groups excluding carboxylic acids is 1. The van der Waals surface area contributed by atoms with Crippen LogP contribution in [-0.2, 0) is 10.0 Å². The van der Waals surface area contributed by atoms with Gasteiger partial charge in [0.25, 0.3) is 15.9 Å². The summed E-state index contributed by atoms with van der Waals surface area (Å²) in [6.07, 6.45) is 1.55. The minimum Gasteiger partial charge on any atom is -0.358 e. The quantitative estimate of drug-likeness (QED) is 0.614. The van der Waals surface area contributed by atoms with Gasteiger partial charge in [-0.1, -0.05) is 12.1 Å². The number of H-pyrrole nitrogens is 1. The lowest BCUT2D eigenvalue weighted by Gasteiger charge is -2.12. The van der Waals surface area contributed by atoms with Gasteiger partial charge in [-0.25, -0.2) is 8.42 Å². The van der Waals surface area contributed by atoms with Crippen molar-refractivity contribution in [3.8, 4) is 6.07 Å². The van der Waals surface area contributed by atoms with Crippen LogP contribution in [-0.4, -0.2) is 25.4 Å². The molecule has 0 saturated heterocycles. The Balaban J connectivity index is 1.99. The first-order chi connectivity index (χ1) is 13.2. The molecule has 0 fully saturated rings. The zero-order valence-corrected chi connectivity index (χ0v) is 16.5. The van der Waals surface area contributed by atoms with Crippen LogP contribution in [0.1, 0.15) is 35.3 Å². The number of nitriles is 1. The predicted molar refractivity (Wildman–Crippen MR) is 108 cm³/mol. The van der Waals surface area contributed by atoms with Gasteiger partial charge < -0.3 is 10.3 Å². The van der Waals surface area contributed by atoms with Crippen LogP contribution in [0.4, 0.5) is 5.69 Å². The number of carbonyl (C=O) groups is 1. The van der Waals surface area contributed by atoms with Crippen molar-refractivity contribution in [3.63, 3.8) is 0 Å². The van der Waals surface area contributed by atoms with Crippen molar-refractivity contribution in [1.82, 2.24) is 10.3 Å². The summed E-state index contributed by atoms with van der Waals surface area (Å²) in [7, 11) is -3.93. The van der Waals surface area contributed by atoms with E-state index in [1.807, 2.05) is 20.8 Å². The van der Waals surface area contributed by atoms with Crippen molar-refractivity contribution in [1.29, 1.82) is 5.26 Å². The highest BCUT2D eigenvalue weighted by molar-refractivity contribution is 7.92. The van der Waals surface area contributed by atoms with Gasteiger partial charge in [0, 0.05) is 23.2 Å². The summed E-state index contributed by atoms with van der Waals surface area (Å²) in [5, 5.41) is 12.7. The zero-order valence-electron chi connectivity index (χ0n) is 15.7. The number of aryl methyl sites for hydroxylation is 1.